The van der Waals surface area contributed by atoms with Crippen LogP contribution in [0, 0.1) is 0 Å². The minimum Gasteiger partial charge on any atom is -0.466 e. The molecule has 0 amide bonds. The number of rotatable bonds is 12. The number of aromatic amines is 1. The highest BCUT2D eigenvalue weighted by molar-refractivity contribution is 6.42. The Kier molecular flexibility index (Phi) is 14.2. The molecule has 3 aromatic carbocycles. The van der Waals surface area contributed by atoms with Gasteiger partial charge in [0.15, 0.2) is 5.15 Å². The van der Waals surface area contributed by atoms with Crippen molar-refractivity contribution in [2.75, 3.05) is 13.7 Å². The molecule has 0 fully saturated rings. The number of hydrogen-bond acceptors (Lipinski definition) is 10. The number of nitrogens with zero attached hydrogens (tertiary/aromatic N) is 5. The fraction of sp³-hybridized carbons (Fsp3) is 0.300. The summed E-state index contributed by atoms with van der Waals surface area (Å²) in [6.07, 6.45) is 2.95. The molecular formula is C40H42Cl3N7O5. The highest BCUT2D eigenvalue weighted by Gasteiger charge is 2.39. The molecular weight excluding hydrogens is 765 g/mol. The smallest absolute Gasteiger partial charge is 0.336 e. The maximum absolute atomic E-state index is 12.6. The molecule has 2 aromatic heterocycles. The largest absolute Gasteiger partial charge is 0.466 e. The average Bonchev–Trinajstić information content (AvgIpc) is 3.83. The number of aliphatic hydroxyl groups excluding tert-OH is 1. The number of carbonyl (C=O) groups is 2. The van der Waals surface area contributed by atoms with Crippen LogP contribution in [-0.4, -0.2) is 60.9 Å². The number of dihydropyridines is 1. The van der Waals surface area contributed by atoms with Crippen LogP contribution in [0.2, 0.25) is 15.2 Å². The van der Waals surface area contributed by atoms with Crippen molar-refractivity contribution < 1.29 is 24.2 Å². The number of aliphatic hydroxyl groups is 1. The Bertz CT molecular complexity index is 2200. The van der Waals surface area contributed by atoms with Gasteiger partial charge in [-0.2, -0.15) is 5.21 Å². The summed E-state index contributed by atoms with van der Waals surface area (Å²) in [6.45, 7) is 8.04. The average molecular weight is 807 g/mol. The van der Waals surface area contributed by atoms with E-state index in [4.69, 9.17) is 44.3 Å². The molecule has 0 aliphatic carbocycles. The first-order valence-electron chi connectivity index (χ1n) is 17.7. The monoisotopic (exact) mass is 805 g/mol. The van der Waals surface area contributed by atoms with Gasteiger partial charge >= 0.3 is 11.9 Å². The molecule has 3 N–H and O–H groups in total. The third-order valence-corrected chi connectivity index (χ3v) is 10.2. The summed E-state index contributed by atoms with van der Waals surface area (Å²) in [5.74, 6) is -0.338. The molecule has 1 atom stereocenters. The molecule has 0 saturated carbocycles. The van der Waals surface area contributed by atoms with E-state index in [2.05, 4.69) is 62.1 Å². The van der Waals surface area contributed by atoms with Crippen LogP contribution in [0.4, 0.5) is 0 Å². The fourth-order valence-electron chi connectivity index (χ4n) is 6.45. The zero-order valence-electron chi connectivity index (χ0n) is 31.1. The first-order chi connectivity index (χ1) is 26.5. The van der Waals surface area contributed by atoms with E-state index < -0.39 is 17.9 Å². The number of methoxy groups -OCH3 is 1. The van der Waals surface area contributed by atoms with Gasteiger partial charge in [-0.15, -0.1) is 10.2 Å². The predicted octanol–water partition coefficient (Wildman–Crippen LogP) is 8.23. The lowest BCUT2D eigenvalue weighted by Gasteiger charge is -2.30. The van der Waals surface area contributed by atoms with Crippen LogP contribution in [0.3, 0.4) is 0 Å². The zero-order valence-corrected chi connectivity index (χ0v) is 33.4. The number of tetrazole rings is 1. The van der Waals surface area contributed by atoms with Crippen molar-refractivity contribution in [1.82, 2.24) is 35.5 Å². The minimum atomic E-state index is -0.737. The van der Waals surface area contributed by atoms with E-state index in [1.807, 2.05) is 28.8 Å². The SMILES string of the molecule is CCCCc1nc(Cl)c(CO)n1Cc1ccc(-c2ccccc2-c2nn[nH]n2)cc1.CCOC(=O)C1=C(C)NC(C)=C(C(=O)OC)C1c1cccc(Cl)c1Cl. The number of unbranched alkanes of at least 4 members (excludes halogenated alkanes) is 1. The first kappa shape index (κ1) is 41.2. The number of H-pyrrole nitrogens is 1. The molecule has 0 bridgehead atoms. The van der Waals surface area contributed by atoms with Gasteiger partial charge in [0.25, 0.3) is 0 Å². The number of carbonyl (C=O) groups excluding carboxylic acids is 2. The van der Waals surface area contributed by atoms with E-state index in [1.54, 1.807) is 39.0 Å². The number of esters is 2. The number of hydrogen-bond donors (Lipinski definition) is 3. The molecule has 1 aliphatic heterocycles. The highest BCUT2D eigenvalue weighted by Crippen LogP contribution is 2.43. The normalized spacial score (nSPS) is 13.9. The van der Waals surface area contributed by atoms with Gasteiger partial charge in [-0.1, -0.05) is 109 Å². The molecule has 1 unspecified atom stereocenters. The summed E-state index contributed by atoms with van der Waals surface area (Å²) in [4.78, 5) is 29.5. The molecule has 0 radical (unpaired) electrons. The lowest BCUT2D eigenvalue weighted by atomic mass is 9.80. The van der Waals surface area contributed by atoms with Crippen molar-refractivity contribution in [2.24, 2.45) is 0 Å². The fourth-order valence-corrected chi connectivity index (χ4v) is 7.13. The van der Waals surface area contributed by atoms with Crippen molar-refractivity contribution in [2.45, 2.75) is 66.0 Å². The maximum atomic E-state index is 12.6. The number of nitrogens with one attached hydrogen (secondary N) is 2. The van der Waals surface area contributed by atoms with Crippen molar-refractivity contribution in [3.63, 3.8) is 0 Å². The summed E-state index contributed by atoms with van der Waals surface area (Å²) in [5, 5.41) is 28.2. The van der Waals surface area contributed by atoms with Gasteiger partial charge in [0.1, 0.15) is 5.82 Å². The second kappa shape index (κ2) is 19.0. The van der Waals surface area contributed by atoms with Gasteiger partial charge in [-0.05, 0) is 60.7 Å². The quantitative estimate of drug-likeness (QED) is 0.105. The number of allylic oxidation sites excluding steroid dienone is 2. The minimum absolute atomic E-state index is 0.131. The van der Waals surface area contributed by atoms with Crippen molar-refractivity contribution in [1.29, 1.82) is 0 Å². The van der Waals surface area contributed by atoms with Gasteiger partial charge in [-0.3, -0.25) is 0 Å². The van der Waals surface area contributed by atoms with Crippen LogP contribution < -0.4 is 5.32 Å². The van der Waals surface area contributed by atoms with E-state index in [-0.39, 0.29) is 18.2 Å². The number of imidazole rings is 1. The molecule has 5 aromatic rings. The lowest BCUT2D eigenvalue weighted by molar-refractivity contribution is -0.139. The van der Waals surface area contributed by atoms with Crippen LogP contribution >= 0.6 is 34.8 Å². The number of aryl methyl sites for hydroxylation is 1. The Morgan fingerprint density at radius 2 is 1.60 bits per heavy atom. The second-order valence-electron chi connectivity index (χ2n) is 12.6. The van der Waals surface area contributed by atoms with Gasteiger partial charge in [0.05, 0.1) is 53.1 Å². The van der Waals surface area contributed by atoms with Crippen LogP contribution in [0.25, 0.3) is 22.5 Å². The van der Waals surface area contributed by atoms with Crippen LogP contribution in [0.5, 0.6) is 0 Å². The molecule has 0 saturated heterocycles. The molecule has 0 spiro atoms. The summed E-state index contributed by atoms with van der Waals surface area (Å²) >= 11 is 18.8. The summed E-state index contributed by atoms with van der Waals surface area (Å²) in [7, 11) is 1.29. The van der Waals surface area contributed by atoms with E-state index in [9.17, 15) is 14.7 Å². The van der Waals surface area contributed by atoms with E-state index in [0.29, 0.717) is 56.3 Å². The molecule has 55 heavy (non-hydrogen) atoms. The first-order valence-corrected chi connectivity index (χ1v) is 18.8. The summed E-state index contributed by atoms with van der Waals surface area (Å²) in [5.41, 5.74) is 7.10. The molecule has 3 heterocycles. The zero-order chi connectivity index (χ0) is 39.6. The Hall–Kier alpha value is -5.01. The molecule has 15 heteroatoms. The molecule has 288 valence electrons. The number of aromatic nitrogens is 6. The van der Waals surface area contributed by atoms with Crippen molar-refractivity contribution in [3.05, 3.63) is 127 Å². The lowest BCUT2D eigenvalue weighted by Crippen LogP contribution is -2.32. The van der Waals surface area contributed by atoms with E-state index in [0.717, 1.165) is 47.3 Å². The van der Waals surface area contributed by atoms with Gasteiger partial charge < -0.3 is 24.5 Å². The Labute approximate surface area is 334 Å². The Balaban J connectivity index is 0.000000215. The van der Waals surface area contributed by atoms with Crippen LogP contribution in [0.1, 0.15) is 69.1 Å². The van der Waals surface area contributed by atoms with Gasteiger partial charge in [0, 0.05) is 29.9 Å². The third-order valence-electron chi connectivity index (χ3n) is 9.08. The summed E-state index contributed by atoms with van der Waals surface area (Å²) < 4.78 is 12.1. The molecule has 1 aliphatic rings. The highest BCUT2D eigenvalue weighted by atomic mass is 35.5. The van der Waals surface area contributed by atoms with E-state index in [1.165, 1.54) is 7.11 Å². The summed E-state index contributed by atoms with van der Waals surface area (Å²) in [6, 6.07) is 21.4. The number of ether oxygens (including phenoxy) is 2. The predicted molar refractivity (Wildman–Crippen MR) is 212 cm³/mol. The van der Waals surface area contributed by atoms with Crippen LogP contribution in [0.15, 0.2) is 89.3 Å². The maximum Gasteiger partial charge on any atom is 0.336 e. The number of benzene rings is 3. The molecule has 6 rings (SSSR count). The van der Waals surface area contributed by atoms with Gasteiger partial charge in [-0.25, -0.2) is 14.6 Å². The molecule has 12 nitrogen and oxygen atoms in total. The standard InChI is InChI=1S/C22H23ClN6O.C18H19Cl2NO4/c1-2-3-8-20-24-21(23)19(14-30)29(20)13-15-9-11-16(12-10-15)17-6-4-5-7-18(17)22-25-27-28-26-22;1-5-25-18(23)14-10(3)21-9(2)13(17(22)24-4)15(14)11-7-6-8-12(19)16(11)20/h4-7,9-12,30H,2-3,8,13-14H2,1H3,(H,25,26,27,28);6-8,15,21H,5H2,1-4H3. The third kappa shape index (κ3) is 9.28. The van der Waals surface area contributed by atoms with Gasteiger partial charge in [0.2, 0.25) is 5.82 Å². The van der Waals surface area contributed by atoms with Crippen molar-refractivity contribution in [3.8, 4) is 22.5 Å². The Morgan fingerprint density at radius 3 is 2.22 bits per heavy atom. The topological polar surface area (TPSA) is 157 Å². The number of halogens is 3. The van der Waals surface area contributed by atoms with E-state index >= 15 is 0 Å². The van der Waals surface area contributed by atoms with Crippen LogP contribution in [-0.2, 0) is 38.6 Å². The van der Waals surface area contributed by atoms with Crippen molar-refractivity contribution >= 4 is 46.7 Å². The second-order valence-corrected chi connectivity index (χ2v) is 13.7. The Morgan fingerprint density at radius 1 is 0.909 bits per heavy atom.